The van der Waals surface area contributed by atoms with Crippen LogP contribution in [0.1, 0.15) is 39.7 Å². The van der Waals surface area contributed by atoms with Crippen molar-refractivity contribution in [2.75, 3.05) is 6.54 Å². The van der Waals surface area contributed by atoms with Crippen LogP contribution in [0, 0.1) is 0 Å². The van der Waals surface area contributed by atoms with E-state index in [4.69, 9.17) is 23.2 Å². The van der Waals surface area contributed by atoms with Gasteiger partial charge in [0, 0.05) is 18.6 Å². The number of amides is 1. The zero-order chi connectivity index (χ0) is 16.0. The third-order valence-corrected chi connectivity index (χ3v) is 4.23. The minimum absolute atomic E-state index is 0.0939. The average Bonchev–Trinajstić information content (AvgIpc) is 2.45. The molecule has 1 N–H and O–H groups in total. The first kappa shape index (κ1) is 18.3. The molecule has 0 heterocycles. The molecule has 1 unspecified atom stereocenters. The lowest BCUT2D eigenvalue weighted by Gasteiger charge is -2.28. The predicted molar refractivity (Wildman–Crippen MR) is 89.9 cm³/mol. The fraction of sp³-hybridized carbons (Fsp3) is 0.562. The molecule has 0 aliphatic heterocycles. The molecule has 118 valence electrons. The summed E-state index contributed by atoms with van der Waals surface area (Å²) in [5, 5.41) is 4.28. The molecule has 0 aromatic heterocycles. The Kier molecular flexibility index (Phi) is 7.50. The highest BCUT2D eigenvalue weighted by Gasteiger charge is 2.18. The van der Waals surface area contributed by atoms with Gasteiger partial charge in [-0.1, -0.05) is 36.2 Å². The van der Waals surface area contributed by atoms with E-state index >= 15 is 0 Å². The van der Waals surface area contributed by atoms with Crippen LogP contribution in [0.15, 0.2) is 18.2 Å². The second kappa shape index (κ2) is 8.62. The largest absolute Gasteiger partial charge is 0.335 e. The Morgan fingerprint density at radius 1 is 1.24 bits per heavy atom. The van der Waals surface area contributed by atoms with Gasteiger partial charge in [-0.15, -0.1) is 0 Å². The first-order chi connectivity index (χ1) is 9.85. The summed E-state index contributed by atoms with van der Waals surface area (Å²) in [6.45, 7) is 9.09. The van der Waals surface area contributed by atoms with Gasteiger partial charge < -0.3 is 10.2 Å². The maximum absolute atomic E-state index is 12.4. The van der Waals surface area contributed by atoms with Crippen molar-refractivity contribution in [2.24, 2.45) is 0 Å². The van der Waals surface area contributed by atoms with E-state index in [0.717, 1.165) is 12.0 Å². The number of nitrogens with zero attached hydrogens (tertiary/aromatic N) is 1. The van der Waals surface area contributed by atoms with Gasteiger partial charge in [-0.05, 0) is 44.9 Å². The number of hydrogen-bond donors (Lipinski definition) is 1. The van der Waals surface area contributed by atoms with Crippen LogP contribution in [0.25, 0.3) is 0 Å². The van der Waals surface area contributed by atoms with Crippen LogP contribution < -0.4 is 5.32 Å². The number of hydrogen-bond acceptors (Lipinski definition) is 2. The van der Waals surface area contributed by atoms with E-state index in [1.165, 1.54) is 0 Å². The average molecular weight is 331 g/mol. The number of carbonyl (C=O) groups excluding carboxylic acids is 1. The Morgan fingerprint density at radius 2 is 1.90 bits per heavy atom. The van der Waals surface area contributed by atoms with Crippen LogP contribution in [-0.4, -0.2) is 29.4 Å². The van der Waals surface area contributed by atoms with Gasteiger partial charge in [-0.25, -0.2) is 0 Å². The van der Waals surface area contributed by atoms with E-state index < -0.39 is 0 Å². The summed E-state index contributed by atoms with van der Waals surface area (Å²) in [6, 6.07) is 5.95. The second-order valence-electron chi connectivity index (χ2n) is 5.55. The van der Waals surface area contributed by atoms with Crippen molar-refractivity contribution in [3.8, 4) is 0 Å². The Bertz CT molecular complexity index is 477. The number of rotatable bonds is 7. The molecule has 0 aliphatic rings. The lowest BCUT2D eigenvalue weighted by molar-refractivity contribution is -0.132. The van der Waals surface area contributed by atoms with E-state index in [0.29, 0.717) is 29.2 Å². The molecule has 1 atom stereocenters. The molecule has 1 amide bonds. The fourth-order valence-electron chi connectivity index (χ4n) is 1.90. The zero-order valence-corrected chi connectivity index (χ0v) is 14.6. The molecule has 5 heteroatoms. The molecule has 0 aliphatic carbocycles. The first-order valence-electron chi connectivity index (χ1n) is 7.31. The van der Waals surface area contributed by atoms with Crippen molar-refractivity contribution >= 4 is 29.1 Å². The third kappa shape index (κ3) is 5.85. The van der Waals surface area contributed by atoms with Crippen molar-refractivity contribution in [3.63, 3.8) is 0 Å². The van der Waals surface area contributed by atoms with Crippen LogP contribution in [-0.2, 0) is 11.3 Å². The standard InChI is InChI=1S/C16H24Cl2N2O/c1-5-12(4)19-9-16(21)20(11(2)3)10-13-6-7-14(17)15(18)8-13/h6-8,11-12,19H,5,9-10H2,1-4H3. The Morgan fingerprint density at radius 3 is 2.43 bits per heavy atom. The summed E-state index contributed by atoms with van der Waals surface area (Å²) < 4.78 is 0. The summed E-state index contributed by atoms with van der Waals surface area (Å²) in [7, 11) is 0. The van der Waals surface area contributed by atoms with Gasteiger partial charge in [0.25, 0.3) is 0 Å². The van der Waals surface area contributed by atoms with Crippen molar-refractivity contribution in [1.29, 1.82) is 0 Å². The van der Waals surface area contributed by atoms with Crippen LogP contribution in [0.4, 0.5) is 0 Å². The molecule has 0 saturated carbocycles. The van der Waals surface area contributed by atoms with E-state index in [9.17, 15) is 4.79 Å². The summed E-state index contributed by atoms with van der Waals surface area (Å²) in [6.07, 6.45) is 1.00. The fourth-order valence-corrected chi connectivity index (χ4v) is 2.22. The summed E-state index contributed by atoms with van der Waals surface area (Å²) in [5.74, 6) is 0.0939. The quantitative estimate of drug-likeness (QED) is 0.815. The monoisotopic (exact) mass is 330 g/mol. The van der Waals surface area contributed by atoms with Gasteiger partial charge >= 0.3 is 0 Å². The zero-order valence-electron chi connectivity index (χ0n) is 13.1. The van der Waals surface area contributed by atoms with Crippen molar-refractivity contribution in [2.45, 2.75) is 52.7 Å². The molecule has 0 radical (unpaired) electrons. The number of halogens is 2. The van der Waals surface area contributed by atoms with Crippen molar-refractivity contribution in [3.05, 3.63) is 33.8 Å². The molecule has 21 heavy (non-hydrogen) atoms. The molecular formula is C16H24Cl2N2O. The molecule has 0 saturated heterocycles. The number of nitrogens with one attached hydrogen (secondary N) is 1. The molecule has 0 spiro atoms. The maximum Gasteiger partial charge on any atom is 0.237 e. The highest BCUT2D eigenvalue weighted by Crippen LogP contribution is 2.23. The highest BCUT2D eigenvalue weighted by atomic mass is 35.5. The van der Waals surface area contributed by atoms with Crippen LogP contribution in [0.5, 0.6) is 0 Å². The topological polar surface area (TPSA) is 32.3 Å². The van der Waals surface area contributed by atoms with E-state index in [2.05, 4.69) is 19.2 Å². The van der Waals surface area contributed by atoms with Crippen molar-refractivity contribution < 1.29 is 4.79 Å². The van der Waals surface area contributed by atoms with Gasteiger partial charge in [-0.2, -0.15) is 0 Å². The maximum atomic E-state index is 12.4. The van der Waals surface area contributed by atoms with Crippen LogP contribution in [0.3, 0.4) is 0 Å². The smallest absolute Gasteiger partial charge is 0.237 e. The third-order valence-electron chi connectivity index (χ3n) is 3.49. The summed E-state index contributed by atoms with van der Waals surface area (Å²) in [5.41, 5.74) is 0.981. The second-order valence-corrected chi connectivity index (χ2v) is 6.37. The van der Waals surface area contributed by atoms with Gasteiger partial charge in [0.2, 0.25) is 5.91 Å². The SMILES string of the molecule is CCC(C)NCC(=O)N(Cc1ccc(Cl)c(Cl)c1)C(C)C. The number of benzene rings is 1. The molecule has 0 fully saturated rings. The van der Waals surface area contributed by atoms with Gasteiger partial charge in [0.15, 0.2) is 0 Å². The normalized spacial score (nSPS) is 12.5. The molecule has 1 rings (SSSR count). The van der Waals surface area contributed by atoms with Crippen LogP contribution >= 0.6 is 23.2 Å². The Hall–Kier alpha value is -0.770. The minimum atomic E-state index is 0.0939. The highest BCUT2D eigenvalue weighted by molar-refractivity contribution is 6.42. The van der Waals surface area contributed by atoms with Gasteiger partial charge in [0.1, 0.15) is 0 Å². The lowest BCUT2D eigenvalue weighted by atomic mass is 10.2. The van der Waals surface area contributed by atoms with E-state index in [1.54, 1.807) is 6.07 Å². The van der Waals surface area contributed by atoms with E-state index in [1.807, 2.05) is 30.9 Å². The predicted octanol–water partition coefficient (Wildman–Crippen LogP) is 4.12. The Labute approximate surface area is 137 Å². The van der Waals surface area contributed by atoms with Gasteiger partial charge in [-0.3, -0.25) is 4.79 Å². The van der Waals surface area contributed by atoms with Crippen LogP contribution in [0.2, 0.25) is 10.0 Å². The first-order valence-corrected chi connectivity index (χ1v) is 8.07. The molecular weight excluding hydrogens is 307 g/mol. The van der Waals surface area contributed by atoms with E-state index in [-0.39, 0.29) is 11.9 Å². The molecule has 3 nitrogen and oxygen atoms in total. The summed E-state index contributed by atoms with van der Waals surface area (Å²) in [4.78, 5) is 14.2. The molecule has 1 aromatic carbocycles. The number of carbonyl (C=O) groups is 1. The molecule has 1 aromatic rings. The van der Waals surface area contributed by atoms with Crippen molar-refractivity contribution in [1.82, 2.24) is 10.2 Å². The van der Waals surface area contributed by atoms with Gasteiger partial charge in [0.05, 0.1) is 16.6 Å². The molecule has 0 bridgehead atoms. The lowest BCUT2D eigenvalue weighted by Crippen LogP contribution is -2.43. The summed E-state index contributed by atoms with van der Waals surface area (Å²) >= 11 is 12.0. The minimum Gasteiger partial charge on any atom is -0.335 e. The Balaban J connectivity index is 2.72.